The van der Waals surface area contributed by atoms with Crippen molar-refractivity contribution in [2.24, 2.45) is 5.92 Å². The summed E-state index contributed by atoms with van der Waals surface area (Å²) >= 11 is 1.66. The van der Waals surface area contributed by atoms with Crippen LogP contribution in [0.2, 0.25) is 0 Å². The van der Waals surface area contributed by atoms with Crippen LogP contribution in [-0.2, 0) is 4.79 Å². The van der Waals surface area contributed by atoms with Crippen molar-refractivity contribution in [3.8, 4) is 21.9 Å². The first kappa shape index (κ1) is 19.6. The van der Waals surface area contributed by atoms with Gasteiger partial charge in [-0.1, -0.05) is 0 Å². The molecule has 0 spiro atoms. The fourth-order valence-electron chi connectivity index (χ4n) is 4.04. The highest BCUT2D eigenvalue weighted by Gasteiger charge is 2.27. The quantitative estimate of drug-likeness (QED) is 0.595. The minimum atomic E-state index is 0.257. The van der Waals surface area contributed by atoms with Crippen molar-refractivity contribution in [1.29, 1.82) is 0 Å². The third-order valence-corrected chi connectivity index (χ3v) is 6.37. The minimum absolute atomic E-state index is 0.257. The zero-order valence-corrected chi connectivity index (χ0v) is 18.0. The third kappa shape index (κ3) is 3.79. The van der Waals surface area contributed by atoms with Crippen molar-refractivity contribution in [3.63, 3.8) is 0 Å². The molecule has 0 radical (unpaired) electrons. The van der Waals surface area contributed by atoms with Gasteiger partial charge in [-0.2, -0.15) is 0 Å². The molecular weight excluding hydrogens is 386 g/mol. The first-order chi connectivity index (χ1) is 14.0. The van der Waals surface area contributed by atoms with Gasteiger partial charge < -0.3 is 19.2 Å². The monoisotopic (exact) mass is 411 g/mol. The standard InChI is InChI=1S/C22H25N3O3S/c1-13(26)9-15-7-8-25(11-15)22-17-12-29-21(20(17)23-14(2)24-22)16-5-6-18(27-3)19(10-16)28-4/h5-6,10,12,15H,7-9,11H2,1-4H3/t15-/m0/s1. The second-order valence-corrected chi connectivity index (χ2v) is 8.38. The van der Waals surface area contributed by atoms with Gasteiger partial charge in [0.1, 0.15) is 17.4 Å². The Hall–Kier alpha value is -2.67. The van der Waals surface area contributed by atoms with Crippen molar-refractivity contribution in [2.45, 2.75) is 26.7 Å². The number of hydrogen-bond donors (Lipinski definition) is 0. The highest BCUT2D eigenvalue weighted by atomic mass is 32.1. The van der Waals surface area contributed by atoms with Gasteiger partial charge in [0.25, 0.3) is 0 Å². The molecule has 152 valence electrons. The van der Waals surface area contributed by atoms with Gasteiger partial charge in [0.2, 0.25) is 0 Å². The van der Waals surface area contributed by atoms with Crippen molar-refractivity contribution in [3.05, 3.63) is 29.4 Å². The molecule has 1 aliphatic rings. The Balaban J connectivity index is 1.74. The molecule has 0 N–H and O–H groups in total. The second-order valence-electron chi connectivity index (χ2n) is 7.50. The highest BCUT2D eigenvalue weighted by Crippen LogP contribution is 2.41. The van der Waals surface area contributed by atoms with Crippen LogP contribution >= 0.6 is 11.3 Å². The van der Waals surface area contributed by atoms with Crippen LogP contribution in [0, 0.1) is 12.8 Å². The maximum atomic E-state index is 11.5. The number of aromatic nitrogens is 2. The summed E-state index contributed by atoms with van der Waals surface area (Å²) in [4.78, 5) is 24.4. The summed E-state index contributed by atoms with van der Waals surface area (Å²) in [6, 6.07) is 5.93. The van der Waals surface area contributed by atoms with E-state index in [4.69, 9.17) is 19.4 Å². The van der Waals surface area contributed by atoms with Crippen molar-refractivity contribution < 1.29 is 14.3 Å². The first-order valence-electron chi connectivity index (χ1n) is 9.72. The molecule has 0 bridgehead atoms. The van der Waals surface area contributed by atoms with E-state index in [1.54, 1.807) is 32.5 Å². The Labute approximate surface area is 174 Å². The summed E-state index contributed by atoms with van der Waals surface area (Å²) in [5, 5.41) is 3.20. The summed E-state index contributed by atoms with van der Waals surface area (Å²) in [5.74, 6) is 3.79. The van der Waals surface area contributed by atoms with Gasteiger partial charge in [-0.3, -0.25) is 0 Å². The molecule has 2 aromatic heterocycles. The van der Waals surface area contributed by atoms with Crippen LogP contribution in [-0.4, -0.2) is 43.1 Å². The Kier molecular flexibility index (Phi) is 5.41. The molecule has 4 rings (SSSR count). The average Bonchev–Trinajstić information content (AvgIpc) is 3.33. The van der Waals surface area contributed by atoms with Gasteiger partial charge in [-0.25, -0.2) is 9.97 Å². The van der Waals surface area contributed by atoms with E-state index < -0.39 is 0 Å². The predicted octanol–water partition coefficient (Wildman–Crippen LogP) is 4.49. The smallest absolute Gasteiger partial charge is 0.161 e. The molecule has 6 nitrogen and oxygen atoms in total. The van der Waals surface area contributed by atoms with E-state index in [0.29, 0.717) is 23.8 Å². The Morgan fingerprint density at radius 2 is 2.03 bits per heavy atom. The Morgan fingerprint density at radius 3 is 2.76 bits per heavy atom. The van der Waals surface area contributed by atoms with Crippen LogP contribution in [0.3, 0.4) is 0 Å². The predicted molar refractivity (Wildman–Crippen MR) is 116 cm³/mol. The second kappa shape index (κ2) is 7.99. The maximum Gasteiger partial charge on any atom is 0.161 e. The van der Waals surface area contributed by atoms with E-state index in [0.717, 1.165) is 52.5 Å². The van der Waals surface area contributed by atoms with Gasteiger partial charge in [0.15, 0.2) is 11.5 Å². The molecule has 1 aliphatic heterocycles. The number of ketones is 1. The molecular formula is C22H25N3O3S. The topological polar surface area (TPSA) is 64.5 Å². The molecule has 1 saturated heterocycles. The number of carbonyl (C=O) groups excluding carboxylic acids is 1. The summed E-state index contributed by atoms with van der Waals surface area (Å²) in [6.07, 6.45) is 1.67. The average molecular weight is 412 g/mol. The van der Waals surface area contributed by atoms with E-state index in [2.05, 4.69) is 10.3 Å². The lowest BCUT2D eigenvalue weighted by Gasteiger charge is -2.19. The Bertz CT molecular complexity index is 1060. The van der Waals surface area contributed by atoms with Gasteiger partial charge in [0.05, 0.1) is 30.0 Å². The molecule has 0 unspecified atom stereocenters. The molecule has 1 fully saturated rings. The fourth-order valence-corrected chi connectivity index (χ4v) is 5.03. The number of benzene rings is 1. The number of rotatable bonds is 6. The molecule has 0 amide bonds. The summed E-state index contributed by atoms with van der Waals surface area (Å²) < 4.78 is 10.8. The Morgan fingerprint density at radius 1 is 1.24 bits per heavy atom. The summed E-state index contributed by atoms with van der Waals surface area (Å²) in [5.41, 5.74) is 2.00. The third-order valence-electron chi connectivity index (χ3n) is 5.35. The molecule has 3 aromatic rings. The number of aryl methyl sites for hydroxylation is 1. The number of hydrogen-bond acceptors (Lipinski definition) is 7. The molecule has 0 aliphatic carbocycles. The number of ether oxygens (including phenoxy) is 2. The number of anilines is 1. The summed E-state index contributed by atoms with van der Waals surface area (Å²) in [7, 11) is 3.28. The van der Waals surface area contributed by atoms with Crippen LogP contribution < -0.4 is 14.4 Å². The maximum absolute atomic E-state index is 11.5. The van der Waals surface area contributed by atoms with E-state index in [-0.39, 0.29) is 5.78 Å². The van der Waals surface area contributed by atoms with Crippen LogP contribution in [0.1, 0.15) is 25.6 Å². The molecule has 0 saturated carbocycles. The lowest BCUT2D eigenvalue weighted by atomic mass is 10.0. The fraction of sp³-hybridized carbons (Fsp3) is 0.409. The molecule has 7 heteroatoms. The number of fused-ring (bicyclic) bond motifs is 1. The lowest BCUT2D eigenvalue weighted by Crippen LogP contribution is -2.22. The van der Waals surface area contributed by atoms with E-state index in [1.165, 1.54) is 0 Å². The molecule has 1 atom stereocenters. The van der Waals surface area contributed by atoms with Gasteiger partial charge >= 0.3 is 0 Å². The van der Waals surface area contributed by atoms with E-state index in [1.807, 2.05) is 25.1 Å². The van der Waals surface area contributed by atoms with Crippen molar-refractivity contribution in [2.75, 3.05) is 32.2 Å². The number of thiophene rings is 1. The number of nitrogens with zero attached hydrogens (tertiary/aromatic N) is 3. The van der Waals surface area contributed by atoms with E-state index in [9.17, 15) is 4.79 Å². The first-order valence-corrected chi connectivity index (χ1v) is 10.6. The largest absolute Gasteiger partial charge is 0.493 e. The van der Waals surface area contributed by atoms with Crippen LogP contribution in [0.5, 0.6) is 11.5 Å². The normalized spacial score (nSPS) is 16.4. The van der Waals surface area contributed by atoms with Gasteiger partial charge in [-0.05, 0) is 49.9 Å². The number of methoxy groups -OCH3 is 2. The van der Waals surface area contributed by atoms with Gasteiger partial charge in [0, 0.05) is 24.9 Å². The molecule has 3 heterocycles. The van der Waals surface area contributed by atoms with Crippen molar-refractivity contribution >= 4 is 33.8 Å². The lowest BCUT2D eigenvalue weighted by molar-refractivity contribution is -0.117. The summed E-state index contributed by atoms with van der Waals surface area (Å²) in [6.45, 7) is 5.39. The van der Waals surface area contributed by atoms with Crippen molar-refractivity contribution in [1.82, 2.24) is 9.97 Å². The van der Waals surface area contributed by atoms with Crippen LogP contribution in [0.25, 0.3) is 21.3 Å². The van der Waals surface area contributed by atoms with Crippen LogP contribution in [0.4, 0.5) is 5.82 Å². The van der Waals surface area contributed by atoms with Gasteiger partial charge in [-0.15, -0.1) is 11.3 Å². The van der Waals surface area contributed by atoms with E-state index >= 15 is 0 Å². The molecule has 1 aromatic carbocycles. The molecule has 29 heavy (non-hydrogen) atoms. The minimum Gasteiger partial charge on any atom is -0.493 e. The zero-order chi connectivity index (χ0) is 20.5. The van der Waals surface area contributed by atoms with Crippen LogP contribution in [0.15, 0.2) is 23.6 Å². The number of carbonyl (C=O) groups is 1. The number of Topliss-reactive ketones (excluding diaryl/α,β-unsaturated/α-hetero) is 1. The SMILES string of the molecule is COc1ccc(-c2scc3c(N4CC[C@@H](CC(C)=O)C4)nc(C)nc23)cc1OC. The zero-order valence-electron chi connectivity index (χ0n) is 17.2. The highest BCUT2D eigenvalue weighted by molar-refractivity contribution is 7.15.